The first-order chi connectivity index (χ1) is 7.60. The van der Waals surface area contributed by atoms with Crippen LogP contribution in [0.1, 0.15) is 23.7 Å². The van der Waals surface area contributed by atoms with E-state index < -0.39 is 5.91 Å². The fourth-order valence-corrected chi connectivity index (χ4v) is 1.71. The number of halogens is 1. The van der Waals surface area contributed by atoms with Crippen LogP contribution in [0.4, 0.5) is 5.69 Å². The largest absolute Gasteiger partial charge is 0.380 e. The summed E-state index contributed by atoms with van der Waals surface area (Å²) in [4.78, 5) is 11.3. The molecule has 1 rings (SSSR count). The molecular formula is C11H16ClN3O. The van der Waals surface area contributed by atoms with Gasteiger partial charge in [0.2, 0.25) is 0 Å². The van der Waals surface area contributed by atoms with Crippen LogP contribution in [-0.2, 0) is 0 Å². The average Bonchev–Trinajstić information content (AvgIpc) is 2.25. The van der Waals surface area contributed by atoms with Crippen molar-refractivity contribution in [3.63, 3.8) is 0 Å². The lowest BCUT2D eigenvalue weighted by atomic mass is 10.1. The molecule has 1 unspecified atom stereocenters. The Labute approximate surface area is 100.0 Å². The third kappa shape index (κ3) is 2.87. The minimum absolute atomic E-state index is 0.108. The molecule has 5 N–H and O–H groups in total. The lowest BCUT2D eigenvalue weighted by Crippen LogP contribution is -2.29. The number of nitrogens with one attached hydrogen (secondary N) is 1. The molecule has 0 aromatic heterocycles. The lowest BCUT2D eigenvalue weighted by molar-refractivity contribution is 0.100. The van der Waals surface area contributed by atoms with Gasteiger partial charge in [0.1, 0.15) is 0 Å². The molecule has 0 heterocycles. The maximum Gasteiger partial charge on any atom is 0.252 e. The third-order valence-electron chi connectivity index (χ3n) is 2.40. The molecule has 4 nitrogen and oxygen atoms in total. The van der Waals surface area contributed by atoms with E-state index in [9.17, 15) is 4.79 Å². The number of anilines is 1. The predicted octanol–water partition coefficient (Wildman–Crippen LogP) is 1.59. The standard InChI is InChI=1S/C11H16ClN3O/c1-2-7(6-13)15-9-5-3-4-8(12)10(9)11(14)16/h3-5,7,15H,2,6,13H2,1H3,(H2,14,16). The Morgan fingerprint density at radius 1 is 1.56 bits per heavy atom. The summed E-state index contributed by atoms with van der Waals surface area (Å²) in [7, 11) is 0. The van der Waals surface area contributed by atoms with Gasteiger partial charge in [-0.1, -0.05) is 24.6 Å². The topological polar surface area (TPSA) is 81.1 Å². The van der Waals surface area contributed by atoms with Gasteiger partial charge in [0.25, 0.3) is 5.91 Å². The van der Waals surface area contributed by atoms with Crippen LogP contribution in [0.2, 0.25) is 5.02 Å². The quantitative estimate of drug-likeness (QED) is 0.732. The summed E-state index contributed by atoms with van der Waals surface area (Å²) in [6, 6.07) is 5.28. The Balaban J connectivity index is 3.03. The highest BCUT2D eigenvalue weighted by Crippen LogP contribution is 2.24. The predicted molar refractivity (Wildman–Crippen MR) is 66.7 cm³/mol. The van der Waals surface area contributed by atoms with Crippen molar-refractivity contribution in [2.24, 2.45) is 11.5 Å². The summed E-state index contributed by atoms with van der Waals surface area (Å²) in [5.74, 6) is -0.542. The van der Waals surface area contributed by atoms with E-state index in [4.69, 9.17) is 23.1 Å². The molecule has 0 saturated carbocycles. The van der Waals surface area contributed by atoms with E-state index in [2.05, 4.69) is 5.32 Å². The van der Waals surface area contributed by atoms with E-state index in [0.717, 1.165) is 6.42 Å². The van der Waals surface area contributed by atoms with Gasteiger partial charge in [-0.3, -0.25) is 4.79 Å². The molecule has 0 radical (unpaired) electrons. The molecule has 0 aliphatic heterocycles. The lowest BCUT2D eigenvalue weighted by Gasteiger charge is -2.18. The molecule has 0 aliphatic rings. The van der Waals surface area contributed by atoms with Gasteiger partial charge in [0.15, 0.2) is 0 Å². The molecule has 1 aromatic carbocycles. The highest BCUT2D eigenvalue weighted by atomic mass is 35.5. The van der Waals surface area contributed by atoms with Gasteiger partial charge in [-0.25, -0.2) is 0 Å². The zero-order chi connectivity index (χ0) is 12.1. The second-order valence-corrected chi connectivity index (χ2v) is 3.92. The Hall–Kier alpha value is -1.26. The normalized spacial score (nSPS) is 12.2. The molecule has 0 fully saturated rings. The summed E-state index contributed by atoms with van der Waals surface area (Å²) in [5.41, 5.74) is 11.8. The van der Waals surface area contributed by atoms with E-state index in [1.165, 1.54) is 0 Å². The molecule has 1 aromatic rings. The van der Waals surface area contributed by atoms with Crippen LogP contribution in [0.3, 0.4) is 0 Å². The Bertz CT molecular complexity index is 377. The monoisotopic (exact) mass is 241 g/mol. The highest BCUT2D eigenvalue weighted by molar-refractivity contribution is 6.34. The second kappa shape index (κ2) is 5.72. The van der Waals surface area contributed by atoms with Crippen LogP contribution in [-0.4, -0.2) is 18.5 Å². The van der Waals surface area contributed by atoms with Crippen molar-refractivity contribution in [3.05, 3.63) is 28.8 Å². The van der Waals surface area contributed by atoms with E-state index in [1.807, 2.05) is 6.92 Å². The Morgan fingerprint density at radius 2 is 2.25 bits per heavy atom. The van der Waals surface area contributed by atoms with Gasteiger partial charge in [-0.15, -0.1) is 0 Å². The maximum absolute atomic E-state index is 11.3. The molecule has 0 bridgehead atoms. The average molecular weight is 242 g/mol. The van der Waals surface area contributed by atoms with E-state index in [0.29, 0.717) is 22.8 Å². The number of rotatable bonds is 5. The zero-order valence-electron chi connectivity index (χ0n) is 9.16. The number of hydrogen-bond donors (Lipinski definition) is 3. The van der Waals surface area contributed by atoms with Gasteiger partial charge in [0.05, 0.1) is 10.6 Å². The first kappa shape index (κ1) is 12.8. The second-order valence-electron chi connectivity index (χ2n) is 3.51. The molecule has 1 amide bonds. The molecule has 0 aliphatic carbocycles. The first-order valence-corrected chi connectivity index (χ1v) is 5.52. The van der Waals surface area contributed by atoms with Gasteiger partial charge >= 0.3 is 0 Å². The third-order valence-corrected chi connectivity index (χ3v) is 2.71. The number of carbonyl (C=O) groups excluding carboxylic acids is 1. The number of benzene rings is 1. The van der Waals surface area contributed by atoms with Crippen molar-refractivity contribution in [2.75, 3.05) is 11.9 Å². The molecule has 16 heavy (non-hydrogen) atoms. The van der Waals surface area contributed by atoms with Crippen LogP contribution in [0.5, 0.6) is 0 Å². The van der Waals surface area contributed by atoms with E-state index in [1.54, 1.807) is 18.2 Å². The smallest absolute Gasteiger partial charge is 0.252 e. The SMILES string of the molecule is CCC(CN)Nc1cccc(Cl)c1C(N)=O. The van der Waals surface area contributed by atoms with Crippen LogP contribution in [0, 0.1) is 0 Å². The number of hydrogen-bond acceptors (Lipinski definition) is 3. The Kier molecular flexibility index (Phi) is 4.58. The van der Waals surface area contributed by atoms with E-state index >= 15 is 0 Å². The minimum atomic E-state index is -0.542. The molecule has 1 atom stereocenters. The summed E-state index contributed by atoms with van der Waals surface area (Å²) in [5, 5.41) is 3.51. The van der Waals surface area contributed by atoms with Crippen molar-refractivity contribution in [3.8, 4) is 0 Å². The number of primary amides is 1. The summed E-state index contributed by atoms with van der Waals surface area (Å²) in [6.07, 6.45) is 0.862. The summed E-state index contributed by atoms with van der Waals surface area (Å²) < 4.78 is 0. The fourth-order valence-electron chi connectivity index (χ4n) is 1.44. The first-order valence-electron chi connectivity index (χ1n) is 5.15. The maximum atomic E-state index is 11.3. The fraction of sp³-hybridized carbons (Fsp3) is 0.364. The van der Waals surface area contributed by atoms with Crippen LogP contribution < -0.4 is 16.8 Å². The number of nitrogens with two attached hydrogens (primary N) is 2. The van der Waals surface area contributed by atoms with Crippen molar-refractivity contribution in [1.82, 2.24) is 0 Å². The molecule has 88 valence electrons. The highest BCUT2D eigenvalue weighted by Gasteiger charge is 2.14. The molecular weight excluding hydrogens is 226 g/mol. The van der Waals surface area contributed by atoms with Gasteiger partial charge in [-0.05, 0) is 18.6 Å². The van der Waals surface area contributed by atoms with Gasteiger partial charge < -0.3 is 16.8 Å². The van der Waals surface area contributed by atoms with Crippen molar-refractivity contribution in [1.29, 1.82) is 0 Å². The van der Waals surface area contributed by atoms with Gasteiger partial charge in [0, 0.05) is 18.3 Å². The molecule has 5 heteroatoms. The van der Waals surface area contributed by atoms with Crippen LogP contribution in [0.25, 0.3) is 0 Å². The van der Waals surface area contributed by atoms with Crippen molar-refractivity contribution >= 4 is 23.2 Å². The summed E-state index contributed by atoms with van der Waals surface area (Å²) in [6.45, 7) is 2.50. The molecule has 0 saturated heterocycles. The number of amides is 1. The zero-order valence-corrected chi connectivity index (χ0v) is 9.92. The van der Waals surface area contributed by atoms with Crippen molar-refractivity contribution in [2.45, 2.75) is 19.4 Å². The Morgan fingerprint density at radius 3 is 2.75 bits per heavy atom. The van der Waals surface area contributed by atoms with E-state index in [-0.39, 0.29) is 6.04 Å². The number of carbonyl (C=O) groups is 1. The van der Waals surface area contributed by atoms with Crippen LogP contribution >= 0.6 is 11.6 Å². The van der Waals surface area contributed by atoms with Gasteiger partial charge in [-0.2, -0.15) is 0 Å². The van der Waals surface area contributed by atoms with Crippen LogP contribution in [0.15, 0.2) is 18.2 Å². The molecule has 0 spiro atoms. The van der Waals surface area contributed by atoms with Crippen molar-refractivity contribution < 1.29 is 4.79 Å². The minimum Gasteiger partial charge on any atom is -0.380 e. The summed E-state index contributed by atoms with van der Waals surface area (Å²) >= 11 is 5.92.